The van der Waals surface area contributed by atoms with Crippen LogP contribution in [0.25, 0.3) is 0 Å². The minimum absolute atomic E-state index is 0.316. The van der Waals surface area contributed by atoms with E-state index in [1.54, 1.807) is 0 Å². The second-order valence-electron chi connectivity index (χ2n) is 3.06. The van der Waals surface area contributed by atoms with Crippen molar-refractivity contribution in [2.45, 2.75) is 20.3 Å². The van der Waals surface area contributed by atoms with Crippen molar-refractivity contribution >= 4 is 12.2 Å². The molecule has 0 saturated carbocycles. The zero-order valence-electron chi connectivity index (χ0n) is 9.43. The van der Waals surface area contributed by atoms with Gasteiger partial charge in [-0.2, -0.15) is 4.98 Å². The van der Waals surface area contributed by atoms with Crippen LogP contribution in [0.15, 0.2) is 11.2 Å². The van der Waals surface area contributed by atoms with Gasteiger partial charge in [-0.1, -0.05) is 5.16 Å². The van der Waals surface area contributed by atoms with Crippen LogP contribution in [0.1, 0.15) is 18.3 Å². The van der Waals surface area contributed by atoms with Crippen LogP contribution in [-0.4, -0.2) is 29.3 Å². The summed E-state index contributed by atoms with van der Waals surface area (Å²) in [7, 11) is 1.51. The Hall–Kier alpha value is -1.98. The molecule has 1 aromatic heterocycles. The Morgan fingerprint density at radius 3 is 2.94 bits per heavy atom. The minimum atomic E-state index is -0.451. The number of hydrogen-bond donors (Lipinski definition) is 0. The molecule has 6 heteroatoms. The lowest BCUT2D eigenvalue weighted by Crippen LogP contribution is -2.00. The van der Waals surface area contributed by atoms with Crippen molar-refractivity contribution in [2.75, 3.05) is 7.11 Å². The fraction of sp³-hybridized carbons (Fsp3) is 0.400. The molecule has 0 atom stereocenters. The number of hydrogen-bond acceptors (Lipinski definition) is 6. The molecule has 0 unspecified atom stereocenters. The Labute approximate surface area is 93.3 Å². The normalized spacial score (nSPS) is 10.4. The molecule has 86 valence electrons. The topological polar surface area (TPSA) is 73.7 Å². The van der Waals surface area contributed by atoms with Gasteiger partial charge in [0.05, 0.1) is 19.0 Å². The summed E-state index contributed by atoms with van der Waals surface area (Å²) in [6.07, 6.45) is 1.91. The highest BCUT2D eigenvalue weighted by atomic mass is 16.7. The highest BCUT2D eigenvalue weighted by Gasteiger charge is 2.00. The number of carbonyl (C=O) groups excluding carboxylic acids is 1. The summed E-state index contributed by atoms with van der Waals surface area (Å²) in [5.74, 6) is -0.451. The van der Waals surface area contributed by atoms with Crippen molar-refractivity contribution in [1.82, 2.24) is 9.97 Å². The van der Waals surface area contributed by atoms with E-state index < -0.39 is 5.97 Å². The van der Waals surface area contributed by atoms with Crippen molar-refractivity contribution in [3.8, 4) is 6.01 Å². The number of rotatable bonds is 4. The monoisotopic (exact) mass is 223 g/mol. The molecule has 0 saturated heterocycles. The summed E-state index contributed by atoms with van der Waals surface area (Å²) in [5, 5.41) is 3.48. The SMILES string of the molecule is COc1nc(C)cc(C/C=N\OC(C)=O)n1. The Bertz CT molecular complexity index is 404. The van der Waals surface area contributed by atoms with E-state index in [1.165, 1.54) is 20.2 Å². The van der Waals surface area contributed by atoms with Gasteiger partial charge in [0.2, 0.25) is 0 Å². The van der Waals surface area contributed by atoms with Crippen LogP contribution in [-0.2, 0) is 16.1 Å². The smallest absolute Gasteiger partial charge is 0.331 e. The molecule has 0 N–H and O–H groups in total. The highest BCUT2D eigenvalue weighted by molar-refractivity contribution is 5.67. The number of ether oxygens (including phenoxy) is 1. The number of methoxy groups -OCH3 is 1. The van der Waals surface area contributed by atoms with Crippen LogP contribution in [0.4, 0.5) is 0 Å². The number of carbonyl (C=O) groups is 1. The summed E-state index contributed by atoms with van der Waals surface area (Å²) < 4.78 is 4.93. The van der Waals surface area contributed by atoms with Gasteiger partial charge in [-0.3, -0.25) is 0 Å². The second-order valence-corrected chi connectivity index (χ2v) is 3.06. The Balaban J connectivity index is 2.63. The molecule has 16 heavy (non-hydrogen) atoms. The average molecular weight is 223 g/mol. The van der Waals surface area contributed by atoms with Crippen LogP contribution in [0.3, 0.4) is 0 Å². The van der Waals surface area contributed by atoms with Crippen LogP contribution in [0.2, 0.25) is 0 Å². The largest absolute Gasteiger partial charge is 0.467 e. The van der Waals surface area contributed by atoms with Crippen molar-refractivity contribution in [3.05, 3.63) is 17.5 Å². The standard InChI is InChI=1S/C10H13N3O3/c1-7-6-9(13-10(12-7)15-3)4-5-11-16-8(2)14/h5-6H,4H2,1-3H3/b11-5-. The summed E-state index contributed by atoms with van der Waals surface area (Å²) in [6.45, 7) is 3.13. The van der Waals surface area contributed by atoms with Crippen molar-refractivity contribution in [2.24, 2.45) is 5.16 Å². The third-order valence-corrected chi connectivity index (χ3v) is 1.63. The Morgan fingerprint density at radius 1 is 1.56 bits per heavy atom. The summed E-state index contributed by atoms with van der Waals surface area (Å²) in [6, 6.07) is 2.12. The molecule has 0 aromatic carbocycles. The van der Waals surface area contributed by atoms with E-state index >= 15 is 0 Å². The maximum atomic E-state index is 10.4. The van der Waals surface area contributed by atoms with E-state index in [1.807, 2.05) is 13.0 Å². The molecule has 1 aromatic rings. The fourth-order valence-corrected chi connectivity index (χ4v) is 1.04. The van der Waals surface area contributed by atoms with E-state index in [-0.39, 0.29) is 0 Å². The summed E-state index contributed by atoms with van der Waals surface area (Å²) >= 11 is 0. The molecule has 0 radical (unpaired) electrons. The molecule has 0 aliphatic heterocycles. The van der Waals surface area contributed by atoms with E-state index in [2.05, 4.69) is 20.0 Å². The van der Waals surface area contributed by atoms with Gasteiger partial charge in [0.25, 0.3) is 0 Å². The maximum absolute atomic E-state index is 10.4. The first-order chi connectivity index (χ1) is 7.61. The van der Waals surface area contributed by atoms with Gasteiger partial charge in [0.1, 0.15) is 0 Å². The first-order valence-corrected chi connectivity index (χ1v) is 4.69. The van der Waals surface area contributed by atoms with E-state index in [4.69, 9.17) is 4.74 Å². The van der Waals surface area contributed by atoms with Crippen molar-refractivity contribution < 1.29 is 14.4 Å². The quantitative estimate of drug-likeness (QED) is 0.430. The molecular weight excluding hydrogens is 210 g/mol. The third kappa shape index (κ3) is 4.04. The van der Waals surface area contributed by atoms with Crippen LogP contribution < -0.4 is 4.74 Å². The molecule has 0 spiro atoms. The molecule has 0 amide bonds. The molecular formula is C10H13N3O3. The van der Waals surface area contributed by atoms with E-state index in [0.29, 0.717) is 12.4 Å². The average Bonchev–Trinajstić information content (AvgIpc) is 2.23. The van der Waals surface area contributed by atoms with Crippen LogP contribution >= 0.6 is 0 Å². The van der Waals surface area contributed by atoms with E-state index in [9.17, 15) is 4.79 Å². The predicted octanol–water partition coefficient (Wildman–Crippen LogP) is 0.885. The third-order valence-electron chi connectivity index (χ3n) is 1.63. The molecule has 6 nitrogen and oxygen atoms in total. The number of oxime groups is 1. The van der Waals surface area contributed by atoms with Crippen LogP contribution in [0.5, 0.6) is 6.01 Å². The number of aromatic nitrogens is 2. The highest BCUT2D eigenvalue weighted by Crippen LogP contribution is 2.06. The summed E-state index contributed by atoms with van der Waals surface area (Å²) in [5.41, 5.74) is 1.56. The lowest BCUT2D eigenvalue weighted by molar-refractivity contribution is -0.140. The maximum Gasteiger partial charge on any atom is 0.331 e. The summed E-state index contributed by atoms with van der Waals surface area (Å²) in [4.78, 5) is 23.0. The van der Waals surface area contributed by atoms with Gasteiger partial charge in [0, 0.05) is 19.0 Å². The van der Waals surface area contributed by atoms with Gasteiger partial charge < -0.3 is 9.57 Å². The fourth-order valence-electron chi connectivity index (χ4n) is 1.04. The predicted molar refractivity (Wildman–Crippen MR) is 57.3 cm³/mol. The van der Waals surface area contributed by atoms with Crippen molar-refractivity contribution in [1.29, 1.82) is 0 Å². The molecule has 1 rings (SSSR count). The van der Waals surface area contributed by atoms with Crippen LogP contribution in [0, 0.1) is 6.92 Å². The van der Waals surface area contributed by atoms with Gasteiger partial charge in [-0.15, -0.1) is 0 Å². The van der Waals surface area contributed by atoms with Gasteiger partial charge in [0.15, 0.2) is 0 Å². The molecule has 0 aliphatic carbocycles. The van der Waals surface area contributed by atoms with E-state index in [0.717, 1.165) is 11.4 Å². The Morgan fingerprint density at radius 2 is 2.31 bits per heavy atom. The zero-order chi connectivity index (χ0) is 12.0. The zero-order valence-corrected chi connectivity index (χ0v) is 9.43. The van der Waals surface area contributed by atoms with Crippen molar-refractivity contribution in [3.63, 3.8) is 0 Å². The number of nitrogens with zero attached hydrogens (tertiary/aromatic N) is 3. The van der Waals surface area contributed by atoms with Gasteiger partial charge in [-0.05, 0) is 13.0 Å². The molecule has 0 fully saturated rings. The van der Waals surface area contributed by atoms with Gasteiger partial charge in [-0.25, -0.2) is 9.78 Å². The molecule has 1 heterocycles. The lowest BCUT2D eigenvalue weighted by atomic mass is 10.3. The number of aryl methyl sites for hydroxylation is 1. The van der Waals surface area contributed by atoms with Gasteiger partial charge >= 0.3 is 12.0 Å². The first kappa shape index (κ1) is 12.1. The lowest BCUT2D eigenvalue weighted by Gasteiger charge is -2.01. The second kappa shape index (κ2) is 5.79. The Kier molecular flexibility index (Phi) is 4.38. The first-order valence-electron chi connectivity index (χ1n) is 4.69. The molecule has 0 bridgehead atoms. The molecule has 0 aliphatic rings. The minimum Gasteiger partial charge on any atom is -0.467 e.